The van der Waals surface area contributed by atoms with Crippen LogP contribution in [0.4, 0.5) is 4.39 Å². The molecular formula is C13H16ClFN2O. The molecule has 0 aromatic heterocycles. The van der Waals surface area contributed by atoms with Crippen LogP contribution in [-0.4, -0.2) is 30.9 Å². The van der Waals surface area contributed by atoms with E-state index in [4.69, 9.17) is 11.6 Å². The van der Waals surface area contributed by atoms with Gasteiger partial charge in [-0.1, -0.05) is 17.7 Å². The van der Waals surface area contributed by atoms with Crippen molar-refractivity contribution in [2.75, 3.05) is 20.1 Å². The molecule has 1 atom stereocenters. The van der Waals surface area contributed by atoms with Crippen molar-refractivity contribution >= 4 is 17.5 Å². The van der Waals surface area contributed by atoms with Gasteiger partial charge >= 0.3 is 0 Å². The van der Waals surface area contributed by atoms with E-state index in [1.165, 1.54) is 6.07 Å². The molecule has 1 fully saturated rings. The molecule has 1 saturated heterocycles. The van der Waals surface area contributed by atoms with Crippen LogP contribution in [0.3, 0.4) is 0 Å². The Morgan fingerprint density at radius 1 is 1.61 bits per heavy atom. The second kappa shape index (κ2) is 5.67. The van der Waals surface area contributed by atoms with Crippen molar-refractivity contribution in [1.82, 2.24) is 10.2 Å². The lowest BCUT2D eigenvalue weighted by molar-refractivity contribution is -0.134. The molecule has 1 N–H and O–H groups in total. The standard InChI is InChI=1S/C13H16ClFN2O/c1-17(13(18)9-5-6-16-7-9)8-10-11(14)3-2-4-12(10)15/h2-4,9,16H,5-8H2,1H3/t9-/m1/s1. The minimum atomic E-state index is -0.369. The van der Waals surface area contributed by atoms with Gasteiger partial charge in [-0.05, 0) is 25.1 Å². The molecule has 2 rings (SSSR count). The molecule has 1 aromatic carbocycles. The van der Waals surface area contributed by atoms with Gasteiger partial charge in [-0.3, -0.25) is 4.79 Å². The Kier molecular flexibility index (Phi) is 4.19. The minimum absolute atomic E-state index is 0.000508. The number of rotatable bonds is 3. The Labute approximate surface area is 111 Å². The average molecular weight is 271 g/mol. The summed E-state index contributed by atoms with van der Waals surface area (Å²) in [4.78, 5) is 13.6. The first-order valence-corrected chi connectivity index (χ1v) is 6.36. The molecule has 5 heteroatoms. The number of hydrogen-bond donors (Lipinski definition) is 1. The molecule has 98 valence electrons. The maximum Gasteiger partial charge on any atom is 0.227 e. The van der Waals surface area contributed by atoms with Gasteiger partial charge in [0.2, 0.25) is 5.91 Å². The molecule has 0 radical (unpaired) electrons. The summed E-state index contributed by atoms with van der Waals surface area (Å²) < 4.78 is 13.6. The third kappa shape index (κ3) is 2.82. The summed E-state index contributed by atoms with van der Waals surface area (Å²) in [6.45, 7) is 1.78. The molecule has 18 heavy (non-hydrogen) atoms. The van der Waals surface area contributed by atoms with Crippen molar-refractivity contribution in [3.63, 3.8) is 0 Å². The summed E-state index contributed by atoms with van der Waals surface area (Å²) in [6.07, 6.45) is 0.841. The fourth-order valence-corrected chi connectivity index (χ4v) is 2.40. The maximum absolute atomic E-state index is 13.6. The highest BCUT2D eigenvalue weighted by Gasteiger charge is 2.25. The fourth-order valence-electron chi connectivity index (χ4n) is 2.18. The third-order valence-corrected chi connectivity index (χ3v) is 3.60. The molecule has 0 unspecified atom stereocenters. The van der Waals surface area contributed by atoms with Crippen molar-refractivity contribution in [1.29, 1.82) is 0 Å². The summed E-state index contributed by atoms with van der Waals surface area (Å²) in [5, 5.41) is 3.51. The highest BCUT2D eigenvalue weighted by Crippen LogP contribution is 2.21. The topological polar surface area (TPSA) is 32.3 Å². The lowest BCUT2D eigenvalue weighted by atomic mass is 10.1. The van der Waals surface area contributed by atoms with Crippen LogP contribution in [0.5, 0.6) is 0 Å². The summed E-state index contributed by atoms with van der Waals surface area (Å²) in [5.41, 5.74) is 0.376. The highest BCUT2D eigenvalue weighted by molar-refractivity contribution is 6.31. The van der Waals surface area contributed by atoms with E-state index in [0.717, 1.165) is 13.0 Å². The van der Waals surface area contributed by atoms with Crippen LogP contribution in [0.25, 0.3) is 0 Å². The SMILES string of the molecule is CN(Cc1c(F)cccc1Cl)C(=O)[C@@H]1CCNC1. The maximum atomic E-state index is 13.6. The van der Waals surface area contributed by atoms with Crippen molar-refractivity contribution < 1.29 is 9.18 Å². The number of carbonyl (C=O) groups is 1. The van der Waals surface area contributed by atoms with Crippen LogP contribution < -0.4 is 5.32 Å². The van der Waals surface area contributed by atoms with Crippen molar-refractivity contribution in [2.24, 2.45) is 5.92 Å². The summed E-state index contributed by atoms with van der Waals surface area (Å²) in [7, 11) is 1.68. The molecule has 1 amide bonds. The Morgan fingerprint density at radius 3 is 3.00 bits per heavy atom. The Balaban J connectivity index is 2.06. The normalized spacial score (nSPS) is 18.9. The van der Waals surface area contributed by atoms with Gasteiger partial charge in [0.1, 0.15) is 5.82 Å². The smallest absolute Gasteiger partial charge is 0.227 e. The number of amides is 1. The van der Waals surface area contributed by atoms with Gasteiger partial charge in [0, 0.05) is 30.7 Å². The zero-order valence-corrected chi connectivity index (χ0v) is 11.0. The van der Waals surface area contributed by atoms with Gasteiger partial charge in [-0.25, -0.2) is 4.39 Å². The molecule has 0 bridgehead atoms. The molecule has 0 spiro atoms. The first kappa shape index (κ1) is 13.3. The van der Waals surface area contributed by atoms with Gasteiger partial charge in [-0.2, -0.15) is 0 Å². The Bertz CT molecular complexity index is 426. The predicted octanol–water partition coefficient (Wildman–Crippen LogP) is 2.05. The zero-order chi connectivity index (χ0) is 13.1. The quantitative estimate of drug-likeness (QED) is 0.912. The average Bonchev–Trinajstić information content (AvgIpc) is 2.86. The first-order valence-electron chi connectivity index (χ1n) is 5.98. The highest BCUT2D eigenvalue weighted by atomic mass is 35.5. The van der Waals surface area contributed by atoms with Crippen molar-refractivity contribution in [3.8, 4) is 0 Å². The molecule has 0 aliphatic carbocycles. The number of nitrogens with one attached hydrogen (secondary N) is 1. The lowest BCUT2D eigenvalue weighted by Gasteiger charge is -2.21. The summed E-state index contributed by atoms with van der Waals surface area (Å²) in [5.74, 6) is -0.327. The van der Waals surface area contributed by atoms with Crippen molar-refractivity contribution in [3.05, 3.63) is 34.6 Å². The van der Waals surface area contributed by atoms with Gasteiger partial charge in [-0.15, -0.1) is 0 Å². The number of benzene rings is 1. The van der Waals surface area contributed by atoms with E-state index >= 15 is 0 Å². The largest absolute Gasteiger partial charge is 0.341 e. The van der Waals surface area contributed by atoms with E-state index in [9.17, 15) is 9.18 Å². The first-order chi connectivity index (χ1) is 8.59. The van der Waals surface area contributed by atoms with Gasteiger partial charge in [0.05, 0.1) is 5.92 Å². The van der Waals surface area contributed by atoms with Gasteiger partial charge < -0.3 is 10.2 Å². The number of hydrogen-bond acceptors (Lipinski definition) is 2. The second-order valence-electron chi connectivity index (χ2n) is 4.58. The molecular weight excluding hydrogens is 255 g/mol. The summed E-state index contributed by atoms with van der Waals surface area (Å²) >= 11 is 5.95. The van der Waals surface area contributed by atoms with E-state index in [2.05, 4.69) is 5.32 Å². The molecule has 3 nitrogen and oxygen atoms in total. The molecule has 0 saturated carbocycles. The Hall–Kier alpha value is -1.13. The van der Waals surface area contributed by atoms with Crippen LogP contribution in [0.2, 0.25) is 5.02 Å². The van der Waals surface area contributed by atoms with Crippen molar-refractivity contribution in [2.45, 2.75) is 13.0 Å². The van der Waals surface area contributed by atoms with E-state index in [0.29, 0.717) is 17.1 Å². The monoisotopic (exact) mass is 270 g/mol. The van der Waals surface area contributed by atoms with E-state index in [-0.39, 0.29) is 24.2 Å². The second-order valence-corrected chi connectivity index (χ2v) is 4.99. The van der Waals surface area contributed by atoms with E-state index in [1.807, 2.05) is 0 Å². The molecule has 1 aliphatic heterocycles. The lowest BCUT2D eigenvalue weighted by Crippen LogP contribution is -2.33. The van der Waals surface area contributed by atoms with Crippen LogP contribution in [0, 0.1) is 11.7 Å². The van der Waals surface area contributed by atoms with E-state index < -0.39 is 0 Å². The van der Waals surface area contributed by atoms with Crippen LogP contribution in [-0.2, 0) is 11.3 Å². The Morgan fingerprint density at radius 2 is 2.39 bits per heavy atom. The van der Waals surface area contributed by atoms with Gasteiger partial charge in [0.25, 0.3) is 0 Å². The predicted molar refractivity (Wildman–Crippen MR) is 68.9 cm³/mol. The molecule has 1 heterocycles. The molecule has 1 aromatic rings. The van der Waals surface area contributed by atoms with Crippen LogP contribution >= 0.6 is 11.6 Å². The fraction of sp³-hybridized carbons (Fsp3) is 0.462. The van der Waals surface area contributed by atoms with Gasteiger partial charge in [0.15, 0.2) is 0 Å². The zero-order valence-electron chi connectivity index (χ0n) is 10.2. The number of nitrogens with zero attached hydrogens (tertiary/aromatic N) is 1. The van der Waals surface area contributed by atoms with Crippen LogP contribution in [0.15, 0.2) is 18.2 Å². The minimum Gasteiger partial charge on any atom is -0.341 e. The number of carbonyl (C=O) groups excluding carboxylic acids is 1. The van der Waals surface area contributed by atoms with Crippen LogP contribution in [0.1, 0.15) is 12.0 Å². The third-order valence-electron chi connectivity index (χ3n) is 3.24. The summed E-state index contributed by atoms with van der Waals surface area (Å²) in [6, 6.07) is 4.55. The number of halogens is 2. The molecule has 1 aliphatic rings. The van der Waals surface area contributed by atoms with E-state index in [1.54, 1.807) is 24.1 Å².